The van der Waals surface area contributed by atoms with Crippen molar-refractivity contribution in [3.05, 3.63) is 29.6 Å². The lowest BCUT2D eigenvalue weighted by molar-refractivity contribution is -0.117. The van der Waals surface area contributed by atoms with Crippen LogP contribution in [0.15, 0.2) is 18.2 Å². The van der Waals surface area contributed by atoms with E-state index in [0.29, 0.717) is 11.7 Å². The molecule has 0 bridgehead atoms. The van der Waals surface area contributed by atoms with Gasteiger partial charge in [-0.15, -0.1) is 0 Å². The van der Waals surface area contributed by atoms with Gasteiger partial charge in [0.1, 0.15) is 11.9 Å². The SMILES string of the molecule is CC(CNC1C(=O)Nc2cc(F)ccc21)N1CCCCC1. The molecule has 3 rings (SSSR count). The summed E-state index contributed by atoms with van der Waals surface area (Å²) in [6.45, 7) is 5.23. The molecule has 5 heteroatoms. The number of halogens is 1. The maximum atomic E-state index is 13.2. The first kappa shape index (κ1) is 14.5. The van der Waals surface area contributed by atoms with Gasteiger partial charge in [0.15, 0.2) is 0 Å². The Morgan fingerprint density at radius 1 is 1.38 bits per heavy atom. The molecule has 2 aliphatic heterocycles. The zero-order chi connectivity index (χ0) is 14.8. The number of rotatable bonds is 4. The molecule has 114 valence electrons. The quantitative estimate of drug-likeness (QED) is 0.894. The lowest BCUT2D eigenvalue weighted by Gasteiger charge is -2.33. The first-order valence-electron chi connectivity index (χ1n) is 7.73. The van der Waals surface area contributed by atoms with Crippen LogP contribution in [0.4, 0.5) is 10.1 Å². The van der Waals surface area contributed by atoms with Gasteiger partial charge in [0.05, 0.1) is 0 Å². The van der Waals surface area contributed by atoms with Crippen molar-refractivity contribution >= 4 is 11.6 Å². The Balaban J connectivity index is 1.62. The van der Waals surface area contributed by atoms with Crippen molar-refractivity contribution in [3.63, 3.8) is 0 Å². The standard InChI is InChI=1S/C16H22FN3O/c1-11(20-7-3-2-4-8-20)10-18-15-13-6-5-12(17)9-14(13)19-16(15)21/h5-6,9,11,15,18H,2-4,7-8,10H2,1H3,(H,19,21). The maximum Gasteiger partial charge on any atom is 0.246 e. The highest BCUT2D eigenvalue weighted by Crippen LogP contribution is 2.31. The largest absolute Gasteiger partial charge is 0.324 e. The molecule has 0 spiro atoms. The van der Waals surface area contributed by atoms with E-state index in [1.165, 1.54) is 31.4 Å². The molecule has 2 aliphatic rings. The molecule has 1 aromatic rings. The fourth-order valence-electron chi connectivity index (χ4n) is 3.21. The van der Waals surface area contributed by atoms with Crippen LogP contribution in [-0.2, 0) is 4.79 Å². The molecule has 1 fully saturated rings. The normalized spacial score (nSPS) is 23.7. The maximum absolute atomic E-state index is 13.2. The number of hydrogen-bond donors (Lipinski definition) is 2. The van der Waals surface area contributed by atoms with Gasteiger partial charge in [0.2, 0.25) is 5.91 Å². The van der Waals surface area contributed by atoms with Crippen molar-refractivity contribution in [2.75, 3.05) is 25.0 Å². The third kappa shape index (κ3) is 3.09. The van der Waals surface area contributed by atoms with Gasteiger partial charge >= 0.3 is 0 Å². The van der Waals surface area contributed by atoms with Crippen LogP contribution in [-0.4, -0.2) is 36.5 Å². The minimum atomic E-state index is -0.368. The van der Waals surface area contributed by atoms with Gasteiger partial charge in [0, 0.05) is 23.8 Å². The fourth-order valence-corrected chi connectivity index (χ4v) is 3.21. The highest BCUT2D eigenvalue weighted by atomic mass is 19.1. The van der Waals surface area contributed by atoms with Gasteiger partial charge in [0.25, 0.3) is 0 Å². The van der Waals surface area contributed by atoms with Crippen molar-refractivity contribution < 1.29 is 9.18 Å². The minimum Gasteiger partial charge on any atom is -0.324 e. The lowest BCUT2D eigenvalue weighted by atomic mass is 10.1. The highest BCUT2D eigenvalue weighted by molar-refractivity contribution is 6.02. The monoisotopic (exact) mass is 291 g/mol. The first-order valence-corrected chi connectivity index (χ1v) is 7.73. The number of amides is 1. The van der Waals surface area contributed by atoms with Crippen LogP contribution >= 0.6 is 0 Å². The second-order valence-corrected chi connectivity index (χ2v) is 6.01. The second-order valence-electron chi connectivity index (χ2n) is 6.01. The molecular weight excluding hydrogens is 269 g/mol. The zero-order valence-corrected chi connectivity index (χ0v) is 12.4. The Morgan fingerprint density at radius 3 is 2.90 bits per heavy atom. The predicted octanol–water partition coefficient (Wildman–Crippen LogP) is 2.28. The van der Waals surface area contributed by atoms with E-state index in [1.54, 1.807) is 6.07 Å². The van der Waals surface area contributed by atoms with Crippen LogP contribution in [0.1, 0.15) is 37.8 Å². The number of anilines is 1. The van der Waals surface area contributed by atoms with Crippen LogP contribution in [0.3, 0.4) is 0 Å². The van der Waals surface area contributed by atoms with Gasteiger partial charge in [-0.25, -0.2) is 4.39 Å². The summed E-state index contributed by atoms with van der Waals surface area (Å²) in [5.74, 6) is -0.419. The molecule has 2 atom stereocenters. The summed E-state index contributed by atoms with van der Waals surface area (Å²) in [6, 6.07) is 4.51. The number of nitrogens with zero attached hydrogens (tertiary/aromatic N) is 1. The van der Waals surface area contributed by atoms with Crippen molar-refractivity contribution in [3.8, 4) is 0 Å². The number of fused-ring (bicyclic) bond motifs is 1. The smallest absolute Gasteiger partial charge is 0.246 e. The molecule has 0 aliphatic carbocycles. The number of benzene rings is 1. The first-order chi connectivity index (χ1) is 10.1. The number of nitrogens with one attached hydrogen (secondary N) is 2. The van der Waals surface area contributed by atoms with Crippen LogP contribution < -0.4 is 10.6 Å². The number of hydrogen-bond acceptors (Lipinski definition) is 3. The average molecular weight is 291 g/mol. The Hall–Kier alpha value is -1.46. The van der Waals surface area contributed by atoms with Crippen molar-refractivity contribution in [2.24, 2.45) is 0 Å². The summed E-state index contributed by atoms with van der Waals surface area (Å²) in [6.07, 6.45) is 3.84. The molecule has 0 saturated carbocycles. The molecule has 1 saturated heterocycles. The van der Waals surface area contributed by atoms with E-state index in [2.05, 4.69) is 22.5 Å². The van der Waals surface area contributed by atoms with Crippen molar-refractivity contribution in [1.82, 2.24) is 10.2 Å². The summed E-state index contributed by atoms with van der Waals surface area (Å²) >= 11 is 0. The Kier molecular flexibility index (Phi) is 4.22. The number of carbonyl (C=O) groups is 1. The molecule has 4 nitrogen and oxygen atoms in total. The topological polar surface area (TPSA) is 44.4 Å². The van der Waals surface area contributed by atoms with Crippen LogP contribution in [0.2, 0.25) is 0 Å². The van der Waals surface area contributed by atoms with Crippen molar-refractivity contribution in [1.29, 1.82) is 0 Å². The Morgan fingerprint density at radius 2 is 2.14 bits per heavy atom. The molecule has 21 heavy (non-hydrogen) atoms. The predicted molar refractivity (Wildman–Crippen MR) is 80.7 cm³/mol. The highest BCUT2D eigenvalue weighted by Gasteiger charge is 2.31. The zero-order valence-electron chi connectivity index (χ0n) is 12.4. The number of piperidine rings is 1. The number of carbonyl (C=O) groups excluding carboxylic acids is 1. The van der Waals surface area contributed by atoms with Gasteiger partial charge in [-0.2, -0.15) is 0 Å². The molecule has 2 N–H and O–H groups in total. The Labute approximate surface area is 124 Å². The molecule has 0 radical (unpaired) electrons. The van der Waals surface area contributed by atoms with Gasteiger partial charge in [-0.1, -0.05) is 12.5 Å². The van der Waals surface area contributed by atoms with Crippen LogP contribution in [0, 0.1) is 5.82 Å². The van der Waals surface area contributed by atoms with E-state index in [0.717, 1.165) is 25.2 Å². The van der Waals surface area contributed by atoms with E-state index in [9.17, 15) is 9.18 Å². The summed E-state index contributed by atoms with van der Waals surface area (Å²) in [7, 11) is 0. The summed E-state index contributed by atoms with van der Waals surface area (Å²) in [5.41, 5.74) is 1.43. The van der Waals surface area contributed by atoms with E-state index < -0.39 is 0 Å². The molecule has 1 amide bonds. The summed E-state index contributed by atoms with van der Waals surface area (Å²) in [4.78, 5) is 14.5. The fraction of sp³-hybridized carbons (Fsp3) is 0.562. The lowest BCUT2D eigenvalue weighted by Crippen LogP contribution is -2.44. The van der Waals surface area contributed by atoms with Gasteiger partial charge in [-0.05, 0) is 45.0 Å². The van der Waals surface area contributed by atoms with E-state index in [4.69, 9.17) is 0 Å². The summed E-state index contributed by atoms with van der Waals surface area (Å²) < 4.78 is 13.2. The Bertz CT molecular complexity index is 528. The molecular formula is C16H22FN3O. The van der Waals surface area contributed by atoms with E-state index in [-0.39, 0.29) is 17.8 Å². The average Bonchev–Trinajstić information content (AvgIpc) is 2.80. The van der Waals surface area contributed by atoms with Crippen LogP contribution in [0.25, 0.3) is 0 Å². The van der Waals surface area contributed by atoms with E-state index >= 15 is 0 Å². The van der Waals surface area contributed by atoms with Gasteiger partial charge < -0.3 is 10.6 Å². The summed E-state index contributed by atoms with van der Waals surface area (Å²) in [5, 5.41) is 6.06. The molecule has 1 aromatic carbocycles. The molecule has 2 unspecified atom stereocenters. The third-order valence-electron chi connectivity index (χ3n) is 4.48. The van der Waals surface area contributed by atoms with E-state index in [1.807, 2.05) is 0 Å². The molecule has 2 heterocycles. The minimum absolute atomic E-state index is 0.0959. The van der Waals surface area contributed by atoms with Crippen molar-refractivity contribution in [2.45, 2.75) is 38.3 Å². The number of likely N-dealkylation sites (tertiary alicyclic amines) is 1. The molecule has 0 aromatic heterocycles. The van der Waals surface area contributed by atoms with Gasteiger partial charge in [-0.3, -0.25) is 9.69 Å². The third-order valence-corrected chi connectivity index (χ3v) is 4.48. The van der Waals surface area contributed by atoms with Crippen LogP contribution in [0.5, 0.6) is 0 Å². The second kappa shape index (κ2) is 6.12.